The third-order valence-corrected chi connectivity index (χ3v) is 3.51. The van der Waals surface area contributed by atoms with Crippen LogP contribution < -0.4 is 20.1 Å². The van der Waals surface area contributed by atoms with Gasteiger partial charge < -0.3 is 20.1 Å². The van der Waals surface area contributed by atoms with Gasteiger partial charge in [0, 0.05) is 19.6 Å². The molecule has 1 aromatic carbocycles. The van der Waals surface area contributed by atoms with Crippen LogP contribution in [0.2, 0.25) is 0 Å². The predicted octanol–water partition coefficient (Wildman–Crippen LogP) is 2.99. The summed E-state index contributed by atoms with van der Waals surface area (Å²) in [4.78, 5) is 4.62. The maximum atomic E-state index is 5.34. The van der Waals surface area contributed by atoms with Gasteiger partial charge in [0.05, 0.1) is 14.2 Å². The Bertz CT molecular complexity index is 475. The van der Waals surface area contributed by atoms with E-state index in [-0.39, 0.29) is 0 Å². The molecule has 0 heterocycles. The SMILES string of the molecule is CCCCNC(=NCCCc1ccc(OC)c(OC)c1)NCC. The molecular weight excluding hydrogens is 290 g/mol. The Hall–Kier alpha value is -1.91. The maximum absolute atomic E-state index is 5.34. The zero-order valence-electron chi connectivity index (χ0n) is 14.9. The average molecular weight is 321 g/mol. The normalized spacial score (nSPS) is 11.2. The Balaban J connectivity index is 2.46. The Kier molecular flexibility index (Phi) is 9.68. The highest BCUT2D eigenvalue weighted by Crippen LogP contribution is 2.27. The van der Waals surface area contributed by atoms with Gasteiger partial charge in [-0.05, 0) is 43.9 Å². The highest BCUT2D eigenvalue weighted by molar-refractivity contribution is 5.79. The van der Waals surface area contributed by atoms with E-state index in [2.05, 4.69) is 35.5 Å². The molecule has 0 aliphatic rings. The first-order valence-electron chi connectivity index (χ1n) is 8.48. The minimum Gasteiger partial charge on any atom is -0.493 e. The number of unbranched alkanes of at least 4 members (excludes halogenated alkanes) is 1. The van der Waals surface area contributed by atoms with Crippen LogP contribution in [0.25, 0.3) is 0 Å². The average Bonchev–Trinajstić information content (AvgIpc) is 2.58. The van der Waals surface area contributed by atoms with Gasteiger partial charge in [-0.15, -0.1) is 0 Å². The first-order chi connectivity index (χ1) is 11.2. The number of rotatable bonds is 10. The van der Waals surface area contributed by atoms with Crippen LogP contribution in [-0.4, -0.2) is 39.8 Å². The Morgan fingerprint density at radius 2 is 1.83 bits per heavy atom. The van der Waals surface area contributed by atoms with E-state index in [1.165, 1.54) is 12.0 Å². The molecule has 23 heavy (non-hydrogen) atoms. The van der Waals surface area contributed by atoms with Crippen molar-refractivity contribution in [1.29, 1.82) is 0 Å². The minimum atomic E-state index is 0.767. The van der Waals surface area contributed by atoms with Crippen LogP contribution in [-0.2, 0) is 6.42 Å². The van der Waals surface area contributed by atoms with Crippen molar-refractivity contribution < 1.29 is 9.47 Å². The third-order valence-electron chi connectivity index (χ3n) is 3.51. The largest absolute Gasteiger partial charge is 0.493 e. The number of aliphatic imine (C=N–C) groups is 1. The number of hydrogen-bond donors (Lipinski definition) is 2. The molecule has 130 valence electrons. The molecule has 0 atom stereocenters. The molecule has 1 rings (SSSR count). The van der Waals surface area contributed by atoms with Gasteiger partial charge in [-0.1, -0.05) is 19.4 Å². The fourth-order valence-electron chi connectivity index (χ4n) is 2.24. The second-order valence-corrected chi connectivity index (χ2v) is 5.33. The number of aryl methyl sites for hydroxylation is 1. The molecule has 0 saturated heterocycles. The van der Waals surface area contributed by atoms with Crippen molar-refractivity contribution in [2.75, 3.05) is 33.9 Å². The summed E-state index contributed by atoms with van der Waals surface area (Å²) in [5.74, 6) is 2.46. The molecule has 0 bridgehead atoms. The second-order valence-electron chi connectivity index (χ2n) is 5.33. The lowest BCUT2D eigenvalue weighted by Crippen LogP contribution is -2.37. The number of methoxy groups -OCH3 is 2. The Morgan fingerprint density at radius 1 is 1.04 bits per heavy atom. The quantitative estimate of drug-likeness (QED) is 0.395. The molecule has 0 aromatic heterocycles. The van der Waals surface area contributed by atoms with Crippen LogP contribution >= 0.6 is 0 Å². The number of nitrogens with one attached hydrogen (secondary N) is 2. The fourth-order valence-corrected chi connectivity index (χ4v) is 2.24. The van der Waals surface area contributed by atoms with Crippen molar-refractivity contribution in [2.24, 2.45) is 4.99 Å². The maximum Gasteiger partial charge on any atom is 0.191 e. The van der Waals surface area contributed by atoms with Crippen LogP contribution in [0.5, 0.6) is 11.5 Å². The standard InChI is InChI=1S/C18H31N3O2/c1-5-7-12-20-18(19-6-2)21-13-8-9-15-10-11-16(22-3)17(14-15)23-4/h10-11,14H,5-9,12-13H2,1-4H3,(H2,19,20,21). The highest BCUT2D eigenvalue weighted by atomic mass is 16.5. The molecule has 0 saturated carbocycles. The summed E-state index contributed by atoms with van der Waals surface area (Å²) in [6.45, 7) is 6.93. The van der Waals surface area contributed by atoms with Gasteiger partial charge in [-0.2, -0.15) is 0 Å². The molecule has 0 spiro atoms. The molecule has 0 unspecified atom stereocenters. The number of guanidine groups is 1. The van der Waals surface area contributed by atoms with Crippen LogP contribution in [0.15, 0.2) is 23.2 Å². The van der Waals surface area contributed by atoms with E-state index in [1.807, 2.05) is 12.1 Å². The molecule has 5 nitrogen and oxygen atoms in total. The number of nitrogens with zero attached hydrogens (tertiary/aromatic N) is 1. The Morgan fingerprint density at radius 3 is 2.48 bits per heavy atom. The number of hydrogen-bond acceptors (Lipinski definition) is 3. The number of ether oxygens (including phenoxy) is 2. The molecule has 0 amide bonds. The van der Waals surface area contributed by atoms with Crippen molar-refractivity contribution in [3.05, 3.63) is 23.8 Å². The minimum absolute atomic E-state index is 0.767. The fraction of sp³-hybridized carbons (Fsp3) is 0.611. The van der Waals surface area contributed by atoms with Crippen molar-refractivity contribution in [3.8, 4) is 11.5 Å². The second kappa shape index (κ2) is 11.6. The van der Waals surface area contributed by atoms with Crippen molar-refractivity contribution >= 4 is 5.96 Å². The van der Waals surface area contributed by atoms with Gasteiger partial charge in [0.15, 0.2) is 17.5 Å². The van der Waals surface area contributed by atoms with Gasteiger partial charge in [0.1, 0.15) is 0 Å². The van der Waals surface area contributed by atoms with Crippen LogP contribution in [0.1, 0.15) is 38.7 Å². The molecule has 0 fully saturated rings. The molecule has 0 radical (unpaired) electrons. The van der Waals surface area contributed by atoms with Gasteiger partial charge in [0.25, 0.3) is 0 Å². The van der Waals surface area contributed by atoms with E-state index in [0.29, 0.717) is 0 Å². The zero-order valence-corrected chi connectivity index (χ0v) is 14.9. The first-order valence-corrected chi connectivity index (χ1v) is 8.48. The molecule has 0 aliphatic heterocycles. The zero-order chi connectivity index (χ0) is 16.9. The summed E-state index contributed by atoms with van der Waals surface area (Å²) in [6.07, 6.45) is 4.32. The summed E-state index contributed by atoms with van der Waals surface area (Å²) < 4.78 is 10.6. The van der Waals surface area contributed by atoms with Gasteiger partial charge in [0.2, 0.25) is 0 Å². The van der Waals surface area contributed by atoms with Crippen molar-refractivity contribution in [3.63, 3.8) is 0 Å². The van der Waals surface area contributed by atoms with Crippen LogP contribution in [0, 0.1) is 0 Å². The summed E-state index contributed by atoms with van der Waals surface area (Å²) >= 11 is 0. The summed E-state index contributed by atoms with van der Waals surface area (Å²) in [6, 6.07) is 6.07. The monoisotopic (exact) mass is 321 g/mol. The van der Waals surface area contributed by atoms with Crippen molar-refractivity contribution in [2.45, 2.75) is 39.5 Å². The number of benzene rings is 1. The van der Waals surface area contributed by atoms with E-state index < -0.39 is 0 Å². The van der Waals surface area contributed by atoms with Gasteiger partial charge >= 0.3 is 0 Å². The highest BCUT2D eigenvalue weighted by Gasteiger charge is 2.04. The molecule has 1 aromatic rings. The van der Waals surface area contributed by atoms with Gasteiger partial charge in [-0.3, -0.25) is 4.99 Å². The molecule has 2 N–H and O–H groups in total. The van der Waals surface area contributed by atoms with E-state index in [4.69, 9.17) is 9.47 Å². The predicted molar refractivity (Wildman–Crippen MR) is 96.8 cm³/mol. The molecular formula is C18H31N3O2. The van der Waals surface area contributed by atoms with Gasteiger partial charge in [-0.25, -0.2) is 0 Å². The van der Waals surface area contributed by atoms with E-state index >= 15 is 0 Å². The lowest BCUT2D eigenvalue weighted by atomic mass is 10.1. The van der Waals surface area contributed by atoms with Crippen molar-refractivity contribution in [1.82, 2.24) is 10.6 Å². The van der Waals surface area contributed by atoms with E-state index in [1.54, 1.807) is 14.2 Å². The van der Waals surface area contributed by atoms with E-state index in [0.717, 1.165) is 56.4 Å². The summed E-state index contributed by atoms with van der Waals surface area (Å²) in [5, 5.41) is 6.63. The smallest absolute Gasteiger partial charge is 0.191 e. The third kappa shape index (κ3) is 7.26. The molecule has 5 heteroatoms. The molecule has 0 aliphatic carbocycles. The van der Waals surface area contributed by atoms with E-state index in [9.17, 15) is 0 Å². The Labute approximate surface area is 140 Å². The van der Waals surface area contributed by atoms with Crippen LogP contribution in [0.4, 0.5) is 0 Å². The lowest BCUT2D eigenvalue weighted by molar-refractivity contribution is 0.354. The van der Waals surface area contributed by atoms with Crippen LogP contribution in [0.3, 0.4) is 0 Å². The topological polar surface area (TPSA) is 54.9 Å². The summed E-state index contributed by atoms with van der Waals surface area (Å²) in [5.41, 5.74) is 1.24. The lowest BCUT2D eigenvalue weighted by Gasteiger charge is -2.11. The first kappa shape index (κ1) is 19.1. The summed E-state index contributed by atoms with van der Waals surface area (Å²) in [7, 11) is 3.32.